The largest absolute Gasteiger partial charge is 0.323 e. The highest BCUT2D eigenvalue weighted by Crippen LogP contribution is 2.31. The molecule has 0 saturated heterocycles. The summed E-state index contributed by atoms with van der Waals surface area (Å²) < 4.78 is 2.08. The summed E-state index contributed by atoms with van der Waals surface area (Å²) >= 11 is 0. The Morgan fingerprint density at radius 1 is 1.69 bits per heavy atom. The molecule has 72 valence electrons. The Kier molecular flexibility index (Phi) is 2.12. The van der Waals surface area contributed by atoms with Gasteiger partial charge < -0.3 is 5.73 Å². The molecule has 0 bridgehead atoms. The molecule has 1 atom stereocenters. The van der Waals surface area contributed by atoms with Crippen molar-refractivity contribution in [3.05, 3.63) is 17.5 Å². The van der Waals surface area contributed by atoms with Crippen molar-refractivity contribution < 1.29 is 0 Å². The standard InChI is InChI=1S/C10H17N3/c1-7-5-10(8(2)11)13(12-7)6-9-3-4-9/h5,8-9H,3-4,6,11H2,1-2H3. The van der Waals surface area contributed by atoms with Crippen LogP contribution < -0.4 is 5.73 Å². The molecule has 0 spiro atoms. The average Bonchev–Trinajstić information content (AvgIpc) is 2.75. The van der Waals surface area contributed by atoms with Gasteiger partial charge in [0, 0.05) is 12.6 Å². The molecular formula is C10H17N3. The maximum Gasteiger partial charge on any atom is 0.0597 e. The van der Waals surface area contributed by atoms with Crippen LogP contribution in [0.4, 0.5) is 0 Å². The second-order valence-electron chi connectivity index (χ2n) is 4.12. The number of hydrogen-bond acceptors (Lipinski definition) is 2. The zero-order valence-electron chi connectivity index (χ0n) is 8.33. The highest BCUT2D eigenvalue weighted by Gasteiger charge is 2.23. The first-order chi connectivity index (χ1) is 6.16. The van der Waals surface area contributed by atoms with Crippen molar-refractivity contribution in [2.24, 2.45) is 11.7 Å². The van der Waals surface area contributed by atoms with Crippen LogP contribution in [-0.2, 0) is 6.54 Å². The lowest BCUT2D eigenvalue weighted by atomic mass is 10.2. The monoisotopic (exact) mass is 179 g/mol. The van der Waals surface area contributed by atoms with Crippen LogP contribution in [0.5, 0.6) is 0 Å². The quantitative estimate of drug-likeness (QED) is 0.766. The minimum absolute atomic E-state index is 0.0972. The van der Waals surface area contributed by atoms with E-state index in [2.05, 4.69) is 15.8 Å². The Morgan fingerprint density at radius 2 is 2.38 bits per heavy atom. The summed E-state index contributed by atoms with van der Waals surface area (Å²) in [5.41, 5.74) is 8.11. The fourth-order valence-corrected chi connectivity index (χ4v) is 1.62. The number of aryl methyl sites for hydroxylation is 1. The number of nitrogens with zero attached hydrogens (tertiary/aromatic N) is 2. The summed E-state index contributed by atoms with van der Waals surface area (Å²) in [6.45, 7) is 5.10. The van der Waals surface area contributed by atoms with E-state index in [-0.39, 0.29) is 6.04 Å². The third-order valence-corrected chi connectivity index (χ3v) is 2.53. The molecule has 1 saturated carbocycles. The van der Waals surface area contributed by atoms with E-state index in [9.17, 15) is 0 Å². The summed E-state index contributed by atoms with van der Waals surface area (Å²) in [6, 6.07) is 2.19. The first-order valence-corrected chi connectivity index (χ1v) is 4.96. The summed E-state index contributed by atoms with van der Waals surface area (Å²) in [6.07, 6.45) is 2.72. The number of nitrogens with two attached hydrogens (primary N) is 1. The molecule has 3 nitrogen and oxygen atoms in total. The normalized spacial score (nSPS) is 19.0. The Hall–Kier alpha value is -0.830. The van der Waals surface area contributed by atoms with Crippen molar-refractivity contribution in [2.75, 3.05) is 0 Å². The van der Waals surface area contributed by atoms with Gasteiger partial charge in [0.2, 0.25) is 0 Å². The van der Waals surface area contributed by atoms with Gasteiger partial charge in [-0.1, -0.05) is 0 Å². The highest BCUT2D eigenvalue weighted by atomic mass is 15.3. The maximum atomic E-state index is 5.86. The van der Waals surface area contributed by atoms with Crippen molar-refractivity contribution in [3.63, 3.8) is 0 Å². The fraction of sp³-hybridized carbons (Fsp3) is 0.700. The summed E-state index contributed by atoms with van der Waals surface area (Å²) in [4.78, 5) is 0. The first kappa shape index (κ1) is 8.75. The number of aromatic nitrogens is 2. The van der Waals surface area contributed by atoms with E-state index < -0.39 is 0 Å². The molecule has 0 amide bonds. The van der Waals surface area contributed by atoms with Crippen LogP contribution in [0, 0.1) is 12.8 Å². The molecule has 3 heteroatoms. The third-order valence-electron chi connectivity index (χ3n) is 2.53. The predicted octanol–water partition coefficient (Wildman–Crippen LogP) is 1.62. The van der Waals surface area contributed by atoms with Gasteiger partial charge in [-0.05, 0) is 38.7 Å². The van der Waals surface area contributed by atoms with Gasteiger partial charge in [-0.15, -0.1) is 0 Å². The zero-order valence-corrected chi connectivity index (χ0v) is 8.33. The summed E-state index contributed by atoms with van der Waals surface area (Å²) in [7, 11) is 0. The lowest BCUT2D eigenvalue weighted by Gasteiger charge is -2.08. The second-order valence-corrected chi connectivity index (χ2v) is 4.12. The van der Waals surface area contributed by atoms with Gasteiger partial charge in [0.1, 0.15) is 0 Å². The van der Waals surface area contributed by atoms with Crippen molar-refractivity contribution in [2.45, 2.75) is 39.3 Å². The molecule has 0 radical (unpaired) electrons. The van der Waals surface area contributed by atoms with E-state index in [0.29, 0.717) is 0 Å². The molecule has 1 fully saturated rings. The number of hydrogen-bond donors (Lipinski definition) is 1. The van der Waals surface area contributed by atoms with Gasteiger partial charge in [0.25, 0.3) is 0 Å². The first-order valence-electron chi connectivity index (χ1n) is 4.96. The Labute approximate surface area is 78.9 Å². The molecule has 0 aliphatic heterocycles. The van der Waals surface area contributed by atoms with Crippen molar-refractivity contribution in [3.8, 4) is 0 Å². The lowest BCUT2D eigenvalue weighted by Crippen LogP contribution is -2.14. The van der Waals surface area contributed by atoms with Gasteiger partial charge in [-0.25, -0.2) is 0 Å². The van der Waals surface area contributed by atoms with Crippen LogP contribution in [0.3, 0.4) is 0 Å². The Morgan fingerprint density at radius 3 is 2.92 bits per heavy atom. The Balaban J connectivity index is 2.19. The van der Waals surface area contributed by atoms with Crippen LogP contribution in [0.25, 0.3) is 0 Å². The average molecular weight is 179 g/mol. The van der Waals surface area contributed by atoms with E-state index in [4.69, 9.17) is 5.73 Å². The molecular weight excluding hydrogens is 162 g/mol. The van der Waals surface area contributed by atoms with Crippen LogP contribution in [-0.4, -0.2) is 9.78 Å². The molecule has 2 rings (SSSR count). The molecule has 1 aliphatic rings. The van der Waals surface area contributed by atoms with E-state index in [1.54, 1.807) is 0 Å². The molecule has 0 aromatic carbocycles. The van der Waals surface area contributed by atoms with Crippen LogP contribution in [0.15, 0.2) is 6.07 Å². The highest BCUT2D eigenvalue weighted by molar-refractivity contribution is 5.12. The molecule has 1 aromatic rings. The minimum atomic E-state index is 0.0972. The molecule has 1 aromatic heterocycles. The summed E-state index contributed by atoms with van der Waals surface area (Å²) in [5, 5.41) is 4.45. The van der Waals surface area contributed by atoms with Crippen LogP contribution in [0.2, 0.25) is 0 Å². The molecule has 1 aliphatic carbocycles. The van der Waals surface area contributed by atoms with E-state index >= 15 is 0 Å². The van der Waals surface area contributed by atoms with Gasteiger partial charge in [-0.2, -0.15) is 5.10 Å². The van der Waals surface area contributed by atoms with Crippen molar-refractivity contribution in [1.29, 1.82) is 0 Å². The molecule has 1 heterocycles. The third kappa shape index (κ3) is 1.91. The van der Waals surface area contributed by atoms with E-state index in [1.807, 2.05) is 13.8 Å². The van der Waals surface area contributed by atoms with Gasteiger partial charge in [0.05, 0.1) is 11.4 Å². The molecule has 1 unspecified atom stereocenters. The van der Waals surface area contributed by atoms with Gasteiger partial charge in [-0.3, -0.25) is 4.68 Å². The SMILES string of the molecule is Cc1cc(C(C)N)n(CC2CC2)n1. The maximum absolute atomic E-state index is 5.86. The summed E-state index contributed by atoms with van der Waals surface area (Å²) in [5.74, 6) is 0.858. The van der Waals surface area contributed by atoms with Crippen molar-refractivity contribution >= 4 is 0 Å². The smallest absolute Gasteiger partial charge is 0.0597 e. The van der Waals surface area contributed by atoms with Gasteiger partial charge >= 0.3 is 0 Å². The lowest BCUT2D eigenvalue weighted by molar-refractivity contribution is 0.520. The molecule has 13 heavy (non-hydrogen) atoms. The van der Waals surface area contributed by atoms with Crippen LogP contribution in [0.1, 0.15) is 37.2 Å². The Bertz CT molecular complexity index is 297. The van der Waals surface area contributed by atoms with Gasteiger partial charge in [0.15, 0.2) is 0 Å². The number of rotatable bonds is 3. The van der Waals surface area contributed by atoms with Crippen molar-refractivity contribution in [1.82, 2.24) is 9.78 Å². The zero-order chi connectivity index (χ0) is 9.42. The topological polar surface area (TPSA) is 43.8 Å². The minimum Gasteiger partial charge on any atom is -0.323 e. The second kappa shape index (κ2) is 3.14. The predicted molar refractivity (Wildman–Crippen MR) is 52.3 cm³/mol. The van der Waals surface area contributed by atoms with E-state index in [1.165, 1.54) is 18.5 Å². The molecule has 2 N–H and O–H groups in total. The fourth-order valence-electron chi connectivity index (χ4n) is 1.62. The van der Waals surface area contributed by atoms with Crippen LogP contribution >= 0.6 is 0 Å². The van der Waals surface area contributed by atoms with E-state index in [0.717, 1.165) is 18.2 Å².